The van der Waals surface area contributed by atoms with Crippen molar-refractivity contribution in [2.24, 2.45) is 0 Å². The third-order valence-electron chi connectivity index (χ3n) is 2.03. The lowest BCUT2D eigenvalue weighted by molar-refractivity contribution is -0.121. The van der Waals surface area contributed by atoms with Crippen molar-refractivity contribution >= 4 is 5.91 Å². The van der Waals surface area contributed by atoms with E-state index in [2.05, 4.69) is 17.6 Å². The highest BCUT2D eigenvalue weighted by Crippen LogP contribution is 1.89. The predicted octanol–water partition coefficient (Wildman–Crippen LogP) is 0.919. The second-order valence-electron chi connectivity index (χ2n) is 3.52. The fourth-order valence-corrected chi connectivity index (χ4v) is 1.08. The summed E-state index contributed by atoms with van der Waals surface area (Å²) < 4.78 is 5.37. The Hall–Kier alpha value is -0.610. The van der Waals surface area contributed by atoms with E-state index >= 15 is 0 Å². The molecular formula is C11H24N2O2. The van der Waals surface area contributed by atoms with Crippen LogP contribution in [0.5, 0.6) is 0 Å². The van der Waals surface area contributed by atoms with Crippen molar-refractivity contribution in [3.8, 4) is 0 Å². The van der Waals surface area contributed by atoms with Gasteiger partial charge in [-0.05, 0) is 19.9 Å². The predicted molar refractivity (Wildman–Crippen MR) is 61.9 cm³/mol. The minimum absolute atomic E-state index is 0.109. The molecule has 4 heteroatoms. The molecule has 2 N–H and O–H groups in total. The average Bonchev–Trinajstić information content (AvgIpc) is 2.25. The van der Waals surface area contributed by atoms with E-state index in [0.717, 1.165) is 32.6 Å². The smallest absolute Gasteiger partial charge is 0.221 e. The number of hydrogen-bond donors (Lipinski definition) is 2. The summed E-state index contributed by atoms with van der Waals surface area (Å²) in [5, 5.41) is 5.79. The molecule has 0 aliphatic rings. The number of rotatable bonds is 10. The van der Waals surface area contributed by atoms with Crippen LogP contribution in [-0.4, -0.2) is 39.3 Å². The van der Waals surface area contributed by atoms with E-state index in [-0.39, 0.29) is 5.91 Å². The minimum Gasteiger partial charge on any atom is -0.381 e. The molecule has 0 aliphatic carbocycles. The van der Waals surface area contributed by atoms with Gasteiger partial charge in [0.1, 0.15) is 0 Å². The maximum atomic E-state index is 11.1. The maximum Gasteiger partial charge on any atom is 0.221 e. The fourth-order valence-electron chi connectivity index (χ4n) is 1.08. The van der Waals surface area contributed by atoms with Gasteiger partial charge in [-0.3, -0.25) is 4.79 Å². The molecule has 0 aromatic heterocycles. The summed E-state index contributed by atoms with van der Waals surface area (Å²) in [6, 6.07) is 0. The first kappa shape index (κ1) is 14.4. The van der Waals surface area contributed by atoms with Crippen molar-refractivity contribution in [1.29, 1.82) is 0 Å². The van der Waals surface area contributed by atoms with E-state index in [1.54, 1.807) is 0 Å². The molecule has 15 heavy (non-hydrogen) atoms. The van der Waals surface area contributed by atoms with Gasteiger partial charge in [0.25, 0.3) is 0 Å². The highest BCUT2D eigenvalue weighted by Gasteiger charge is 1.98. The molecule has 0 radical (unpaired) electrons. The molecule has 0 unspecified atom stereocenters. The second-order valence-corrected chi connectivity index (χ2v) is 3.52. The number of ether oxygens (including phenoxy) is 1. The Kier molecular flexibility index (Phi) is 11.0. The Labute approximate surface area is 92.8 Å². The van der Waals surface area contributed by atoms with Crippen LogP contribution in [0.1, 0.15) is 32.6 Å². The highest BCUT2D eigenvalue weighted by molar-refractivity contribution is 5.75. The molecule has 0 fully saturated rings. The molecule has 0 aromatic rings. The van der Waals surface area contributed by atoms with Crippen LogP contribution in [-0.2, 0) is 9.53 Å². The molecule has 0 saturated carbocycles. The lowest BCUT2D eigenvalue weighted by Crippen LogP contribution is -2.27. The third-order valence-corrected chi connectivity index (χ3v) is 2.03. The zero-order valence-electron chi connectivity index (χ0n) is 9.97. The summed E-state index contributed by atoms with van der Waals surface area (Å²) >= 11 is 0. The molecule has 0 rings (SSSR count). The molecule has 90 valence electrons. The summed E-state index contributed by atoms with van der Waals surface area (Å²) in [5.74, 6) is 0.109. The Morgan fingerprint density at radius 2 is 1.93 bits per heavy atom. The topological polar surface area (TPSA) is 50.4 Å². The van der Waals surface area contributed by atoms with Crippen molar-refractivity contribution in [2.75, 3.05) is 33.4 Å². The minimum atomic E-state index is 0.109. The SMILES string of the molecule is CCCCOCCCNC(=O)CCNC. The zero-order chi connectivity index (χ0) is 11.4. The Morgan fingerprint density at radius 1 is 1.20 bits per heavy atom. The van der Waals surface area contributed by atoms with E-state index in [4.69, 9.17) is 4.74 Å². The van der Waals surface area contributed by atoms with Gasteiger partial charge in [0.05, 0.1) is 0 Å². The van der Waals surface area contributed by atoms with Crippen LogP contribution >= 0.6 is 0 Å². The number of carbonyl (C=O) groups excluding carboxylic acids is 1. The van der Waals surface area contributed by atoms with Gasteiger partial charge in [0.15, 0.2) is 0 Å². The maximum absolute atomic E-state index is 11.1. The zero-order valence-corrected chi connectivity index (χ0v) is 9.97. The summed E-state index contributed by atoms with van der Waals surface area (Å²) in [7, 11) is 1.84. The van der Waals surface area contributed by atoms with Gasteiger partial charge in [0, 0.05) is 32.7 Å². The first-order valence-electron chi connectivity index (χ1n) is 5.80. The van der Waals surface area contributed by atoms with Crippen LogP contribution in [0.3, 0.4) is 0 Å². The van der Waals surface area contributed by atoms with E-state index < -0.39 is 0 Å². The first-order chi connectivity index (χ1) is 7.31. The summed E-state index contributed by atoms with van der Waals surface area (Å²) in [6.45, 7) is 5.18. The van der Waals surface area contributed by atoms with Gasteiger partial charge in [-0.1, -0.05) is 13.3 Å². The molecule has 1 amide bonds. The molecule has 0 heterocycles. The molecule has 0 bridgehead atoms. The second kappa shape index (κ2) is 11.5. The first-order valence-corrected chi connectivity index (χ1v) is 5.80. The lowest BCUT2D eigenvalue weighted by atomic mass is 10.3. The Bertz CT molecular complexity index is 152. The highest BCUT2D eigenvalue weighted by atomic mass is 16.5. The number of carbonyl (C=O) groups is 1. The van der Waals surface area contributed by atoms with Crippen LogP contribution in [0.2, 0.25) is 0 Å². The van der Waals surface area contributed by atoms with Crippen molar-refractivity contribution in [2.45, 2.75) is 32.6 Å². The average molecular weight is 216 g/mol. The van der Waals surface area contributed by atoms with Crippen molar-refractivity contribution in [1.82, 2.24) is 10.6 Å². The summed E-state index contributed by atoms with van der Waals surface area (Å²) in [6.07, 6.45) is 3.73. The Balaban J connectivity index is 3.06. The quantitative estimate of drug-likeness (QED) is 0.534. The monoisotopic (exact) mass is 216 g/mol. The van der Waals surface area contributed by atoms with E-state index in [1.807, 2.05) is 7.05 Å². The van der Waals surface area contributed by atoms with Gasteiger partial charge < -0.3 is 15.4 Å². The largest absolute Gasteiger partial charge is 0.381 e. The normalized spacial score (nSPS) is 10.3. The fraction of sp³-hybridized carbons (Fsp3) is 0.909. The molecule has 0 spiro atoms. The van der Waals surface area contributed by atoms with Gasteiger partial charge in [-0.2, -0.15) is 0 Å². The van der Waals surface area contributed by atoms with Crippen LogP contribution in [0.15, 0.2) is 0 Å². The van der Waals surface area contributed by atoms with Gasteiger partial charge in [-0.15, -0.1) is 0 Å². The standard InChI is InChI=1S/C11H24N2O2/c1-3-4-9-15-10-5-7-13-11(14)6-8-12-2/h12H,3-10H2,1-2H3,(H,13,14). The number of unbranched alkanes of at least 4 members (excludes halogenated alkanes) is 1. The van der Waals surface area contributed by atoms with Crippen molar-refractivity contribution < 1.29 is 9.53 Å². The van der Waals surface area contributed by atoms with Crippen LogP contribution in [0.4, 0.5) is 0 Å². The molecule has 0 saturated heterocycles. The van der Waals surface area contributed by atoms with E-state index in [1.165, 1.54) is 6.42 Å². The lowest BCUT2D eigenvalue weighted by Gasteiger charge is -2.05. The molecule has 0 atom stereocenters. The molecule has 0 aliphatic heterocycles. The van der Waals surface area contributed by atoms with E-state index in [0.29, 0.717) is 13.0 Å². The molecule has 0 aromatic carbocycles. The number of hydrogen-bond acceptors (Lipinski definition) is 3. The van der Waals surface area contributed by atoms with E-state index in [9.17, 15) is 4.79 Å². The molecular weight excluding hydrogens is 192 g/mol. The van der Waals surface area contributed by atoms with Crippen molar-refractivity contribution in [3.63, 3.8) is 0 Å². The van der Waals surface area contributed by atoms with Crippen molar-refractivity contribution in [3.05, 3.63) is 0 Å². The van der Waals surface area contributed by atoms with Crippen LogP contribution in [0, 0.1) is 0 Å². The van der Waals surface area contributed by atoms with Gasteiger partial charge in [0.2, 0.25) is 5.91 Å². The summed E-state index contributed by atoms with van der Waals surface area (Å²) in [4.78, 5) is 11.1. The van der Waals surface area contributed by atoms with Gasteiger partial charge >= 0.3 is 0 Å². The van der Waals surface area contributed by atoms with Gasteiger partial charge in [-0.25, -0.2) is 0 Å². The third kappa shape index (κ3) is 11.3. The number of nitrogens with one attached hydrogen (secondary N) is 2. The van der Waals surface area contributed by atoms with Crippen LogP contribution < -0.4 is 10.6 Å². The Morgan fingerprint density at radius 3 is 2.60 bits per heavy atom. The number of amides is 1. The van der Waals surface area contributed by atoms with Crippen LogP contribution in [0.25, 0.3) is 0 Å². The summed E-state index contributed by atoms with van der Waals surface area (Å²) in [5.41, 5.74) is 0. The molecule has 4 nitrogen and oxygen atoms in total.